The van der Waals surface area contributed by atoms with E-state index >= 15 is 0 Å². The summed E-state index contributed by atoms with van der Waals surface area (Å²) in [7, 11) is 0. The quantitative estimate of drug-likeness (QED) is 0.799. The molecule has 0 bridgehead atoms. The second kappa shape index (κ2) is 5.09. The maximum atomic E-state index is 11.3. The SMILES string of the molecule is O=C(O)c1cccc2ncn(Cc3ccc(Br)cc3)c12. The van der Waals surface area contributed by atoms with Crippen molar-refractivity contribution in [2.45, 2.75) is 6.54 Å². The minimum Gasteiger partial charge on any atom is -0.478 e. The van der Waals surface area contributed by atoms with Crippen LogP contribution in [0.25, 0.3) is 11.0 Å². The molecule has 0 saturated carbocycles. The van der Waals surface area contributed by atoms with Crippen LogP contribution in [0.2, 0.25) is 0 Å². The van der Waals surface area contributed by atoms with Crippen molar-refractivity contribution in [3.8, 4) is 0 Å². The number of carboxylic acids is 1. The molecule has 5 heteroatoms. The first kappa shape index (κ1) is 12.9. The average Bonchev–Trinajstić information content (AvgIpc) is 2.84. The molecule has 0 unspecified atom stereocenters. The molecule has 0 amide bonds. The van der Waals surface area contributed by atoms with Gasteiger partial charge in [-0.1, -0.05) is 34.1 Å². The number of hydrogen-bond acceptors (Lipinski definition) is 2. The Bertz CT molecular complexity index is 778. The van der Waals surface area contributed by atoms with Gasteiger partial charge in [-0.05, 0) is 29.8 Å². The summed E-state index contributed by atoms with van der Waals surface area (Å²) in [5.74, 6) is -0.937. The average molecular weight is 331 g/mol. The van der Waals surface area contributed by atoms with Crippen molar-refractivity contribution in [1.82, 2.24) is 9.55 Å². The van der Waals surface area contributed by atoms with E-state index in [1.165, 1.54) is 0 Å². The molecular weight excluding hydrogens is 320 g/mol. The molecule has 4 nitrogen and oxygen atoms in total. The number of para-hydroxylation sites is 1. The van der Waals surface area contributed by atoms with Crippen LogP contribution in [0, 0.1) is 0 Å². The highest BCUT2D eigenvalue weighted by atomic mass is 79.9. The van der Waals surface area contributed by atoms with E-state index in [4.69, 9.17) is 0 Å². The lowest BCUT2D eigenvalue weighted by Crippen LogP contribution is -2.04. The third kappa shape index (κ3) is 2.32. The molecule has 0 saturated heterocycles. The molecule has 0 fully saturated rings. The maximum Gasteiger partial charge on any atom is 0.337 e. The van der Waals surface area contributed by atoms with Gasteiger partial charge in [-0.3, -0.25) is 0 Å². The molecule has 20 heavy (non-hydrogen) atoms. The van der Waals surface area contributed by atoms with Crippen LogP contribution < -0.4 is 0 Å². The summed E-state index contributed by atoms with van der Waals surface area (Å²) in [5.41, 5.74) is 2.72. The number of hydrogen-bond donors (Lipinski definition) is 1. The number of benzene rings is 2. The molecule has 0 aliphatic heterocycles. The van der Waals surface area contributed by atoms with Gasteiger partial charge in [-0.15, -0.1) is 0 Å². The van der Waals surface area contributed by atoms with Gasteiger partial charge in [0.25, 0.3) is 0 Å². The Morgan fingerprint density at radius 3 is 2.65 bits per heavy atom. The van der Waals surface area contributed by atoms with Crippen LogP contribution in [0.15, 0.2) is 53.3 Å². The number of imidazole rings is 1. The summed E-state index contributed by atoms with van der Waals surface area (Å²) in [6, 6.07) is 13.1. The van der Waals surface area contributed by atoms with Gasteiger partial charge in [-0.2, -0.15) is 0 Å². The first-order valence-electron chi connectivity index (χ1n) is 6.07. The van der Waals surface area contributed by atoms with Crippen molar-refractivity contribution in [3.63, 3.8) is 0 Å². The normalized spacial score (nSPS) is 10.8. The molecule has 0 aliphatic carbocycles. The molecular formula is C15H11BrN2O2. The highest BCUT2D eigenvalue weighted by Crippen LogP contribution is 2.20. The van der Waals surface area contributed by atoms with E-state index in [1.807, 2.05) is 34.9 Å². The van der Waals surface area contributed by atoms with E-state index in [0.717, 1.165) is 10.0 Å². The lowest BCUT2D eigenvalue weighted by molar-refractivity contribution is 0.0698. The van der Waals surface area contributed by atoms with Crippen molar-refractivity contribution in [2.75, 3.05) is 0 Å². The van der Waals surface area contributed by atoms with Crippen molar-refractivity contribution in [3.05, 3.63) is 64.4 Å². The molecule has 0 radical (unpaired) electrons. The van der Waals surface area contributed by atoms with Gasteiger partial charge in [-0.25, -0.2) is 9.78 Å². The number of rotatable bonds is 3. The van der Waals surface area contributed by atoms with Crippen LogP contribution in [-0.2, 0) is 6.54 Å². The second-order valence-electron chi connectivity index (χ2n) is 4.48. The van der Waals surface area contributed by atoms with Gasteiger partial charge in [0, 0.05) is 11.0 Å². The monoisotopic (exact) mass is 330 g/mol. The molecule has 1 aromatic heterocycles. The number of fused-ring (bicyclic) bond motifs is 1. The molecule has 0 spiro atoms. The first-order chi connectivity index (χ1) is 9.65. The molecule has 3 aromatic rings. The van der Waals surface area contributed by atoms with Crippen LogP contribution in [0.1, 0.15) is 15.9 Å². The van der Waals surface area contributed by atoms with Crippen LogP contribution >= 0.6 is 15.9 Å². The molecule has 1 N–H and O–H groups in total. The van der Waals surface area contributed by atoms with Crippen LogP contribution in [0.4, 0.5) is 0 Å². The number of nitrogens with zero attached hydrogens (tertiary/aromatic N) is 2. The molecule has 0 atom stereocenters. The zero-order valence-corrected chi connectivity index (χ0v) is 12.0. The molecule has 3 rings (SSSR count). The highest BCUT2D eigenvalue weighted by molar-refractivity contribution is 9.10. The zero-order chi connectivity index (χ0) is 14.1. The number of carboxylic acid groups (broad SMARTS) is 1. The van der Waals surface area contributed by atoms with Gasteiger partial charge >= 0.3 is 5.97 Å². The summed E-state index contributed by atoms with van der Waals surface area (Å²) in [4.78, 5) is 15.6. The van der Waals surface area contributed by atoms with E-state index in [-0.39, 0.29) is 5.56 Å². The minimum absolute atomic E-state index is 0.275. The first-order valence-corrected chi connectivity index (χ1v) is 6.86. The standard InChI is InChI=1S/C15H11BrN2O2/c16-11-6-4-10(5-7-11)8-18-9-17-13-3-1-2-12(14(13)18)15(19)20/h1-7,9H,8H2,(H,19,20). The predicted octanol–water partition coefficient (Wildman–Crippen LogP) is 3.55. The lowest BCUT2D eigenvalue weighted by atomic mass is 10.1. The van der Waals surface area contributed by atoms with Gasteiger partial charge < -0.3 is 9.67 Å². The fraction of sp³-hybridized carbons (Fsp3) is 0.0667. The summed E-state index contributed by atoms with van der Waals surface area (Å²) >= 11 is 3.40. The molecule has 100 valence electrons. The largest absolute Gasteiger partial charge is 0.478 e. The highest BCUT2D eigenvalue weighted by Gasteiger charge is 2.13. The Labute approximate surface area is 123 Å². The van der Waals surface area contributed by atoms with Gasteiger partial charge in [0.05, 0.1) is 22.9 Å². The van der Waals surface area contributed by atoms with Gasteiger partial charge in [0.2, 0.25) is 0 Å². The van der Waals surface area contributed by atoms with Crippen LogP contribution in [-0.4, -0.2) is 20.6 Å². The molecule has 1 heterocycles. The Hall–Kier alpha value is -2.14. The van der Waals surface area contributed by atoms with E-state index in [9.17, 15) is 9.90 Å². The van der Waals surface area contributed by atoms with E-state index in [1.54, 1.807) is 18.5 Å². The van der Waals surface area contributed by atoms with Crippen molar-refractivity contribution in [1.29, 1.82) is 0 Å². The number of aromatic carboxylic acids is 1. The third-order valence-corrected chi connectivity index (χ3v) is 3.66. The van der Waals surface area contributed by atoms with Crippen LogP contribution in [0.3, 0.4) is 0 Å². The van der Waals surface area contributed by atoms with Gasteiger partial charge in [0.15, 0.2) is 0 Å². The minimum atomic E-state index is -0.937. The summed E-state index contributed by atoms with van der Waals surface area (Å²) in [6.45, 7) is 0.591. The lowest BCUT2D eigenvalue weighted by Gasteiger charge is -2.07. The van der Waals surface area contributed by atoms with Crippen LogP contribution in [0.5, 0.6) is 0 Å². The number of halogens is 1. The van der Waals surface area contributed by atoms with Crippen molar-refractivity contribution in [2.24, 2.45) is 0 Å². The smallest absolute Gasteiger partial charge is 0.337 e. The fourth-order valence-corrected chi connectivity index (χ4v) is 2.47. The number of carbonyl (C=O) groups is 1. The molecule has 0 aliphatic rings. The Balaban J connectivity index is 2.07. The summed E-state index contributed by atoms with van der Waals surface area (Å²) in [5, 5.41) is 9.28. The Morgan fingerprint density at radius 1 is 1.20 bits per heavy atom. The Kier molecular flexibility index (Phi) is 3.28. The Morgan fingerprint density at radius 2 is 1.95 bits per heavy atom. The third-order valence-electron chi connectivity index (χ3n) is 3.13. The summed E-state index contributed by atoms with van der Waals surface area (Å²) in [6.07, 6.45) is 1.68. The van der Waals surface area contributed by atoms with Crippen molar-refractivity contribution < 1.29 is 9.90 Å². The fourth-order valence-electron chi connectivity index (χ4n) is 2.21. The van der Waals surface area contributed by atoms with E-state index in [0.29, 0.717) is 17.6 Å². The van der Waals surface area contributed by atoms with E-state index in [2.05, 4.69) is 20.9 Å². The topological polar surface area (TPSA) is 55.1 Å². The van der Waals surface area contributed by atoms with Crippen molar-refractivity contribution >= 4 is 32.9 Å². The predicted molar refractivity (Wildman–Crippen MR) is 79.9 cm³/mol. The zero-order valence-electron chi connectivity index (χ0n) is 10.5. The van der Waals surface area contributed by atoms with Gasteiger partial charge in [0.1, 0.15) is 0 Å². The van der Waals surface area contributed by atoms with E-state index < -0.39 is 5.97 Å². The number of aromatic nitrogens is 2. The maximum absolute atomic E-state index is 11.3. The second-order valence-corrected chi connectivity index (χ2v) is 5.39. The molecule has 2 aromatic carbocycles. The summed E-state index contributed by atoms with van der Waals surface area (Å²) < 4.78 is 2.88.